The number of hydrogen-bond donors (Lipinski definition) is 1. The largest absolute Gasteiger partial charge is 0.378 e. The van der Waals surface area contributed by atoms with Gasteiger partial charge in [-0.15, -0.1) is 6.58 Å². The van der Waals surface area contributed by atoms with Crippen LogP contribution in [0.1, 0.15) is 18.4 Å². The maximum Gasteiger partial charge on any atom is 0.221 e. The highest BCUT2D eigenvalue weighted by atomic mass is 16.1. The maximum absolute atomic E-state index is 11.3. The molecular weight excluding hydrogens is 236 g/mol. The molecule has 0 fully saturated rings. The highest BCUT2D eigenvalue weighted by Crippen LogP contribution is 2.11. The summed E-state index contributed by atoms with van der Waals surface area (Å²) >= 11 is 0. The Balaban J connectivity index is 2.41. The maximum atomic E-state index is 11.3. The Hall–Kier alpha value is -2.21. The number of allylic oxidation sites excluding steroid dienone is 1. The summed E-state index contributed by atoms with van der Waals surface area (Å²) in [6.45, 7) is 3.96. The molecule has 0 saturated carbocycles. The van der Waals surface area contributed by atoms with Crippen molar-refractivity contribution in [2.24, 2.45) is 0 Å². The molecule has 19 heavy (non-hydrogen) atoms. The van der Waals surface area contributed by atoms with E-state index in [1.165, 1.54) is 0 Å². The second kappa shape index (κ2) is 7.99. The zero-order valence-corrected chi connectivity index (χ0v) is 11.6. The summed E-state index contributed by atoms with van der Waals surface area (Å²) in [4.78, 5) is 13.3. The third-order valence-corrected chi connectivity index (χ3v) is 2.57. The van der Waals surface area contributed by atoms with Gasteiger partial charge in [0.2, 0.25) is 5.91 Å². The third kappa shape index (κ3) is 5.78. The third-order valence-electron chi connectivity index (χ3n) is 2.57. The Morgan fingerprint density at radius 3 is 2.63 bits per heavy atom. The number of hydrogen-bond acceptors (Lipinski definition) is 2. The van der Waals surface area contributed by atoms with Crippen molar-refractivity contribution in [3.63, 3.8) is 0 Å². The van der Waals surface area contributed by atoms with E-state index in [4.69, 9.17) is 0 Å². The molecule has 1 amide bonds. The zero-order chi connectivity index (χ0) is 14.1. The van der Waals surface area contributed by atoms with Crippen LogP contribution >= 0.6 is 0 Å². The van der Waals surface area contributed by atoms with Crippen LogP contribution in [0, 0.1) is 11.8 Å². The van der Waals surface area contributed by atoms with E-state index in [1.54, 1.807) is 6.08 Å². The van der Waals surface area contributed by atoms with E-state index < -0.39 is 0 Å². The van der Waals surface area contributed by atoms with Crippen molar-refractivity contribution in [3.8, 4) is 11.8 Å². The van der Waals surface area contributed by atoms with Crippen molar-refractivity contribution in [1.82, 2.24) is 5.32 Å². The molecule has 0 saturated heterocycles. The number of carbonyl (C=O) groups is 1. The summed E-state index contributed by atoms with van der Waals surface area (Å²) in [5, 5.41) is 2.75. The van der Waals surface area contributed by atoms with Crippen LogP contribution in [-0.4, -0.2) is 26.5 Å². The molecule has 1 rings (SSSR count). The molecule has 0 radical (unpaired) electrons. The van der Waals surface area contributed by atoms with E-state index in [-0.39, 0.29) is 5.91 Å². The van der Waals surface area contributed by atoms with E-state index in [9.17, 15) is 4.79 Å². The molecule has 0 aliphatic rings. The lowest BCUT2D eigenvalue weighted by Gasteiger charge is -2.11. The quantitative estimate of drug-likeness (QED) is 0.647. The summed E-state index contributed by atoms with van der Waals surface area (Å²) in [7, 11) is 4.00. The average Bonchev–Trinajstić information content (AvgIpc) is 2.41. The fraction of sp³-hybridized carbons (Fsp3) is 0.312. The van der Waals surface area contributed by atoms with E-state index in [2.05, 4.69) is 23.7 Å². The lowest BCUT2D eigenvalue weighted by atomic mass is 10.2. The molecule has 0 aromatic heterocycles. The SMILES string of the molecule is C=CCCC(=O)NCC#Cc1ccc(N(C)C)cc1. The van der Waals surface area contributed by atoms with Gasteiger partial charge in [0.25, 0.3) is 0 Å². The fourth-order valence-electron chi connectivity index (χ4n) is 1.45. The molecular formula is C16H20N2O. The number of amides is 1. The smallest absolute Gasteiger partial charge is 0.221 e. The molecule has 0 heterocycles. The molecule has 0 aliphatic heterocycles. The van der Waals surface area contributed by atoms with Gasteiger partial charge in [0.15, 0.2) is 0 Å². The van der Waals surface area contributed by atoms with Gasteiger partial charge in [0, 0.05) is 31.8 Å². The molecule has 1 aromatic rings. The summed E-state index contributed by atoms with van der Waals surface area (Å²) in [6, 6.07) is 7.99. The molecule has 1 N–H and O–H groups in total. The van der Waals surface area contributed by atoms with E-state index in [1.807, 2.05) is 43.3 Å². The van der Waals surface area contributed by atoms with Gasteiger partial charge < -0.3 is 10.2 Å². The first kappa shape index (κ1) is 14.8. The van der Waals surface area contributed by atoms with Crippen LogP contribution in [0.3, 0.4) is 0 Å². The summed E-state index contributed by atoms with van der Waals surface area (Å²) in [5.41, 5.74) is 2.09. The van der Waals surface area contributed by atoms with Crippen LogP contribution in [-0.2, 0) is 4.79 Å². The Kier molecular flexibility index (Phi) is 6.25. The van der Waals surface area contributed by atoms with Gasteiger partial charge in [-0.3, -0.25) is 4.79 Å². The van der Waals surface area contributed by atoms with Crippen LogP contribution in [0.25, 0.3) is 0 Å². The Morgan fingerprint density at radius 1 is 1.37 bits per heavy atom. The monoisotopic (exact) mass is 256 g/mol. The Morgan fingerprint density at radius 2 is 2.05 bits per heavy atom. The highest BCUT2D eigenvalue weighted by Gasteiger charge is 1.96. The van der Waals surface area contributed by atoms with Gasteiger partial charge in [-0.1, -0.05) is 17.9 Å². The summed E-state index contributed by atoms with van der Waals surface area (Å²) < 4.78 is 0. The number of carbonyl (C=O) groups excluding carboxylic acids is 1. The van der Waals surface area contributed by atoms with Gasteiger partial charge in [0.1, 0.15) is 0 Å². The first-order valence-electron chi connectivity index (χ1n) is 6.27. The van der Waals surface area contributed by atoms with Crippen molar-refractivity contribution in [2.75, 3.05) is 25.5 Å². The highest BCUT2D eigenvalue weighted by molar-refractivity contribution is 5.76. The lowest BCUT2D eigenvalue weighted by molar-refractivity contribution is -0.120. The van der Waals surface area contributed by atoms with Crippen molar-refractivity contribution in [2.45, 2.75) is 12.8 Å². The van der Waals surface area contributed by atoms with Gasteiger partial charge >= 0.3 is 0 Å². The second-order valence-electron chi connectivity index (χ2n) is 4.35. The average molecular weight is 256 g/mol. The van der Waals surface area contributed by atoms with Crippen LogP contribution in [0.4, 0.5) is 5.69 Å². The Labute approximate surface area is 115 Å². The standard InChI is InChI=1S/C16H20N2O/c1-4-5-8-16(19)17-13-6-7-14-9-11-15(12-10-14)18(2)3/h4,9-12H,1,5,8,13H2,2-3H3,(H,17,19). The van der Waals surface area contributed by atoms with Crippen molar-refractivity contribution < 1.29 is 4.79 Å². The predicted molar refractivity (Wildman–Crippen MR) is 80.1 cm³/mol. The first-order chi connectivity index (χ1) is 9.13. The molecule has 0 unspecified atom stereocenters. The minimum Gasteiger partial charge on any atom is -0.378 e. The Bertz CT molecular complexity index is 478. The molecule has 100 valence electrons. The first-order valence-corrected chi connectivity index (χ1v) is 6.27. The van der Waals surface area contributed by atoms with Crippen molar-refractivity contribution in [3.05, 3.63) is 42.5 Å². The molecule has 3 heteroatoms. The van der Waals surface area contributed by atoms with Crippen LogP contribution < -0.4 is 10.2 Å². The number of nitrogens with zero attached hydrogens (tertiary/aromatic N) is 1. The summed E-state index contributed by atoms with van der Waals surface area (Å²) in [6.07, 6.45) is 2.91. The van der Waals surface area contributed by atoms with Gasteiger partial charge in [0.05, 0.1) is 6.54 Å². The van der Waals surface area contributed by atoms with Crippen LogP contribution in [0.15, 0.2) is 36.9 Å². The number of nitrogens with one attached hydrogen (secondary N) is 1. The van der Waals surface area contributed by atoms with Crippen LogP contribution in [0.2, 0.25) is 0 Å². The topological polar surface area (TPSA) is 32.3 Å². The van der Waals surface area contributed by atoms with E-state index >= 15 is 0 Å². The fourth-order valence-corrected chi connectivity index (χ4v) is 1.45. The zero-order valence-electron chi connectivity index (χ0n) is 11.6. The summed E-state index contributed by atoms with van der Waals surface area (Å²) in [5.74, 6) is 5.97. The lowest BCUT2D eigenvalue weighted by Crippen LogP contribution is -2.22. The number of rotatable bonds is 5. The van der Waals surface area contributed by atoms with Crippen molar-refractivity contribution >= 4 is 11.6 Å². The van der Waals surface area contributed by atoms with Crippen LogP contribution in [0.5, 0.6) is 0 Å². The minimum absolute atomic E-state index is 0.0113. The van der Waals surface area contributed by atoms with Gasteiger partial charge in [-0.05, 0) is 30.7 Å². The van der Waals surface area contributed by atoms with Gasteiger partial charge in [-0.25, -0.2) is 0 Å². The molecule has 0 bridgehead atoms. The molecule has 0 atom stereocenters. The normalized spacial score (nSPS) is 9.16. The second-order valence-corrected chi connectivity index (χ2v) is 4.35. The minimum atomic E-state index is 0.0113. The molecule has 3 nitrogen and oxygen atoms in total. The molecule has 0 aliphatic carbocycles. The van der Waals surface area contributed by atoms with E-state index in [0.29, 0.717) is 19.4 Å². The number of benzene rings is 1. The van der Waals surface area contributed by atoms with E-state index in [0.717, 1.165) is 11.3 Å². The molecule has 1 aromatic carbocycles. The molecule has 0 spiro atoms. The van der Waals surface area contributed by atoms with Gasteiger partial charge in [-0.2, -0.15) is 0 Å². The predicted octanol–water partition coefficient (Wildman–Crippen LogP) is 2.19. The number of anilines is 1. The van der Waals surface area contributed by atoms with Crippen molar-refractivity contribution in [1.29, 1.82) is 0 Å².